The number of rotatable bonds is 4. The van der Waals surface area contributed by atoms with Gasteiger partial charge in [-0.05, 0) is 13.8 Å². The average Bonchev–Trinajstić information content (AvgIpc) is 2.36. The molecular formula is C10H15N3O5. The van der Waals surface area contributed by atoms with E-state index in [1.54, 1.807) is 6.92 Å². The quantitative estimate of drug-likeness (QED) is 0.678. The van der Waals surface area contributed by atoms with E-state index in [9.17, 15) is 9.59 Å². The van der Waals surface area contributed by atoms with Crippen molar-refractivity contribution >= 4 is 23.5 Å². The highest BCUT2D eigenvalue weighted by molar-refractivity contribution is 6.43. The fourth-order valence-electron chi connectivity index (χ4n) is 1.41. The van der Waals surface area contributed by atoms with Crippen LogP contribution in [0.15, 0.2) is 10.1 Å². The molecular weight excluding hydrogens is 242 g/mol. The van der Waals surface area contributed by atoms with Gasteiger partial charge in [-0.1, -0.05) is 0 Å². The minimum absolute atomic E-state index is 0.0699. The maximum absolute atomic E-state index is 11.5. The summed E-state index contributed by atoms with van der Waals surface area (Å²) in [5, 5.41) is 3.76. The Morgan fingerprint density at radius 3 is 2.39 bits per heavy atom. The van der Waals surface area contributed by atoms with Gasteiger partial charge in [0.1, 0.15) is 0 Å². The number of carbonyl (C=O) groups excluding carboxylic acids is 2. The van der Waals surface area contributed by atoms with Crippen molar-refractivity contribution in [1.29, 1.82) is 0 Å². The van der Waals surface area contributed by atoms with Crippen LogP contribution in [0.5, 0.6) is 0 Å². The molecule has 0 amide bonds. The highest BCUT2D eigenvalue weighted by atomic mass is 16.5. The largest absolute Gasteiger partial charge is 0.464 e. The molecule has 0 saturated carbocycles. The van der Waals surface area contributed by atoms with Crippen molar-refractivity contribution < 1.29 is 23.8 Å². The third kappa shape index (κ3) is 2.65. The third-order valence-electron chi connectivity index (χ3n) is 2.22. The monoisotopic (exact) mass is 257 g/mol. The van der Waals surface area contributed by atoms with E-state index in [1.165, 1.54) is 21.1 Å². The number of hydrazone groups is 1. The van der Waals surface area contributed by atoms with E-state index in [-0.39, 0.29) is 18.2 Å². The Kier molecular flexibility index (Phi) is 4.38. The lowest BCUT2D eigenvalue weighted by molar-refractivity contribution is -0.135. The molecule has 1 aliphatic rings. The van der Waals surface area contributed by atoms with E-state index in [4.69, 9.17) is 4.74 Å². The van der Waals surface area contributed by atoms with Crippen molar-refractivity contribution in [3.8, 4) is 0 Å². The number of hydrogen-bond acceptors (Lipinski definition) is 8. The summed E-state index contributed by atoms with van der Waals surface area (Å²) in [6.07, 6.45) is 0. The van der Waals surface area contributed by atoms with Crippen LogP contribution < -0.4 is 5.43 Å². The molecule has 0 spiro atoms. The van der Waals surface area contributed by atoms with E-state index < -0.39 is 17.7 Å². The Balaban J connectivity index is 3.09. The number of hydrogen-bond donors (Lipinski definition) is 1. The lowest BCUT2D eigenvalue weighted by Crippen LogP contribution is -2.50. The lowest BCUT2D eigenvalue weighted by atomic mass is 10.1. The Hall–Kier alpha value is -1.96. The van der Waals surface area contributed by atoms with Gasteiger partial charge in [0.15, 0.2) is 5.71 Å². The average molecular weight is 257 g/mol. The van der Waals surface area contributed by atoms with Gasteiger partial charge in [0, 0.05) is 6.61 Å². The second kappa shape index (κ2) is 5.58. The van der Waals surface area contributed by atoms with Crippen LogP contribution in [-0.4, -0.2) is 50.0 Å². The Morgan fingerprint density at radius 1 is 1.28 bits per heavy atom. The summed E-state index contributed by atoms with van der Waals surface area (Å²) in [5.41, 5.74) is 0.883. The normalized spacial score (nSPS) is 22.4. The fourth-order valence-corrected chi connectivity index (χ4v) is 1.41. The molecule has 1 aliphatic heterocycles. The van der Waals surface area contributed by atoms with Crippen LogP contribution in [0.3, 0.4) is 0 Å². The fraction of sp³-hybridized carbons (Fsp3) is 0.600. The minimum Gasteiger partial charge on any atom is -0.464 e. The molecule has 1 N–H and O–H groups in total. The van der Waals surface area contributed by atoms with Crippen LogP contribution in [0, 0.1) is 0 Å². The summed E-state index contributed by atoms with van der Waals surface area (Å²) in [7, 11) is 2.43. The van der Waals surface area contributed by atoms with Crippen LogP contribution in [0.4, 0.5) is 0 Å². The van der Waals surface area contributed by atoms with Gasteiger partial charge in [-0.3, -0.25) is 5.43 Å². The molecule has 1 heterocycles. The van der Waals surface area contributed by atoms with Gasteiger partial charge in [-0.15, -0.1) is 0 Å². The van der Waals surface area contributed by atoms with Crippen LogP contribution >= 0.6 is 0 Å². The molecule has 0 bridgehead atoms. The van der Waals surface area contributed by atoms with Crippen molar-refractivity contribution in [2.45, 2.75) is 19.6 Å². The molecule has 100 valence electrons. The van der Waals surface area contributed by atoms with Crippen LogP contribution in [0.2, 0.25) is 0 Å². The number of carbonyl (C=O) groups is 2. The van der Waals surface area contributed by atoms with Crippen LogP contribution in [0.1, 0.15) is 13.8 Å². The van der Waals surface area contributed by atoms with Crippen molar-refractivity contribution in [3.05, 3.63) is 0 Å². The zero-order valence-corrected chi connectivity index (χ0v) is 10.6. The van der Waals surface area contributed by atoms with E-state index in [0.29, 0.717) is 0 Å². The molecule has 0 aromatic heterocycles. The zero-order chi connectivity index (χ0) is 13.8. The van der Waals surface area contributed by atoms with Gasteiger partial charge >= 0.3 is 11.9 Å². The van der Waals surface area contributed by atoms with E-state index in [1.807, 2.05) is 0 Å². The van der Waals surface area contributed by atoms with Crippen molar-refractivity contribution in [3.63, 3.8) is 0 Å². The Morgan fingerprint density at radius 2 is 1.89 bits per heavy atom. The number of nitrogens with one attached hydrogen (secondary N) is 1. The first kappa shape index (κ1) is 14.1. The number of methoxy groups -OCH3 is 2. The predicted molar refractivity (Wildman–Crippen MR) is 62.1 cm³/mol. The first-order chi connectivity index (χ1) is 8.48. The summed E-state index contributed by atoms with van der Waals surface area (Å²) in [5.74, 6) is -1.53. The van der Waals surface area contributed by atoms with Gasteiger partial charge in [0.2, 0.25) is 11.6 Å². The highest BCUT2D eigenvalue weighted by Crippen LogP contribution is 2.19. The number of ether oxygens (including phenoxy) is 3. The molecule has 0 aromatic carbocycles. The molecule has 1 rings (SSSR count). The molecule has 18 heavy (non-hydrogen) atoms. The first-order valence-corrected chi connectivity index (χ1v) is 5.23. The number of esters is 2. The summed E-state index contributed by atoms with van der Waals surface area (Å²) < 4.78 is 14.5. The topological polar surface area (TPSA) is 98.6 Å². The summed E-state index contributed by atoms with van der Waals surface area (Å²) in [4.78, 5) is 26.9. The number of nitrogens with zero attached hydrogens (tertiary/aromatic N) is 2. The van der Waals surface area contributed by atoms with Crippen LogP contribution in [-0.2, 0) is 23.8 Å². The second-order valence-electron chi connectivity index (χ2n) is 3.43. The SMILES string of the molecule is CCOC1(C)N=C(C(=O)OC)NN=C1C(=O)OC. The lowest BCUT2D eigenvalue weighted by Gasteiger charge is -2.28. The second-order valence-corrected chi connectivity index (χ2v) is 3.43. The molecule has 0 aliphatic carbocycles. The van der Waals surface area contributed by atoms with Gasteiger partial charge in [0.25, 0.3) is 0 Å². The Labute approximate surface area is 104 Å². The summed E-state index contributed by atoms with van der Waals surface area (Å²) >= 11 is 0. The number of aliphatic imine (C=N–C) groups is 1. The van der Waals surface area contributed by atoms with E-state index in [2.05, 4.69) is 25.0 Å². The molecule has 8 heteroatoms. The zero-order valence-electron chi connectivity index (χ0n) is 10.6. The van der Waals surface area contributed by atoms with E-state index >= 15 is 0 Å². The van der Waals surface area contributed by atoms with Crippen molar-refractivity contribution in [2.75, 3.05) is 20.8 Å². The maximum atomic E-state index is 11.5. The standard InChI is InChI=1S/C10H15N3O5/c1-5-18-10(2)6(8(14)16-3)12-13-7(11-10)9(15)17-4/h5H2,1-4H3,(H,11,13). The first-order valence-electron chi connectivity index (χ1n) is 5.23. The predicted octanol–water partition coefficient (Wildman–Crippen LogP) is -0.557. The van der Waals surface area contributed by atoms with Crippen molar-refractivity contribution in [2.24, 2.45) is 10.1 Å². The van der Waals surface area contributed by atoms with E-state index in [0.717, 1.165) is 0 Å². The minimum atomic E-state index is -1.38. The molecule has 0 aromatic rings. The van der Waals surface area contributed by atoms with Gasteiger partial charge in [-0.2, -0.15) is 5.10 Å². The van der Waals surface area contributed by atoms with Crippen molar-refractivity contribution in [1.82, 2.24) is 5.43 Å². The molecule has 0 saturated heterocycles. The Bertz CT molecular complexity index is 418. The summed E-state index contributed by atoms with van der Waals surface area (Å²) in [6, 6.07) is 0. The number of amidine groups is 1. The van der Waals surface area contributed by atoms with Gasteiger partial charge in [-0.25, -0.2) is 14.6 Å². The summed E-state index contributed by atoms with van der Waals surface area (Å²) in [6.45, 7) is 3.52. The van der Waals surface area contributed by atoms with Gasteiger partial charge < -0.3 is 14.2 Å². The van der Waals surface area contributed by atoms with Crippen LogP contribution in [0.25, 0.3) is 0 Å². The smallest absolute Gasteiger partial charge is 0.375 e. The maximum Gasteiger partial charge on any atom is 0.375 e. The molecule has 0 radical (unpaired) electrons. The van der Waals surface area contributed by atoms with Gasteiger partial charge in [0.05, 0.1) is 14.2 Å². The molecule has 1 unspecified atom stereocenters. The molecule has 8 nitrogen and oxygen atoms in total. The third-order valence-corrected chi connectivity index (χ3v) is 2.22. The highest BCUT2D eigenvalue weighted by Gasteiger charge is 2.41. The molecule has 1 atom stereocenters. The molecule has 0 fully saturated rings.